The van der Waals surface area contributed by atoms with E-state index in [1.165, 1.54) is 19.4 Å². The average molecular weight is 319 g/mol. The largest absolute Gasteiger partial charge is 0.340 e. The van der Waals surface area contributed by atoms with Crippen LogP contribution in [0.25, 0.3) is 0 Å². The Morgan fingerprint density at radius 2 is 1.91 bits per heavy atom. The van der Waals surface area contributed by atoms with Crippen LogP contribution in [-0.4, -0.2) is 63.7 Å². The number of carbonyl (C=O) groups excluding carboxylic acids is 1. The van der Waals surface area contributed by atoms with Gasteiger partial charge in [0.2, 0.25) is 5.91 Å². The van der Waals surface area contributed by atoms with Crippen LogP contribution in [0.4, 0.5) is 0 Å². The second-order valence-corrected chi connectivity index (χ2v) is 8.02. The normalized spacial score (nSPS) is 23.5. The predicted octanol–water partition coefficient (Wildman–Crippen LogP) is 1.52. The van der Waals surface area contributed by atoms with Crippen molar-refractivity contribution in [3.8, 4) is 0 Å². The van der Waals surface area contributed by atoms with Gasteiger partial charge in [0.1, 0.15) is 11.6 Å². The third-order valence-electron chi connectivity index (χ3n) is 4.97. The minimum atomic E-state index is -0.320. The van der Waals surface area contributed by atoms with Gasteiger partial charge in [0.05, 0.1) is 0 Å². The second kappa shape index (κ2) is 6.23. The zero-order chi connectivity index (χ0) is 16.6. The molecule has 2 aliphatic rings. The van der Waals surface area contributed by atoms with Gasteiger partial charge >= 0.3 is 0 Å². The molecule has 3 heterocycles. The van der Waals surface area contributed by atoms with Crippen molar-refractivity contribution in [1.82, 2.24) is 24.6 Å². The minimum absolute atomic E-state index is 0.232. The molecule has 6 heteroatoms. The quantitative estimate of drug-likeness (QED) is 0.787. The number of likely N-dealkylation sites (N-methyl/N-ethyl adjacent to an activating group) is 1. The van der Waals surface area contributed by atoms with Crippen molar-refractivity contribution in [2.75, 3.05) is 33.2 Å². The number of fused-ring (bicyclic) bond motifs is 1. The summed E-state index contributed by atoms with van der Waals surface area (Å²) in [6.07, 6.45) is 3.21. The van der Waals surface area contributed by atoms with Crippen LogP contribution >= 0.6 is 0 Å². The molecule has 6 nitrogen and oxygen atoms in total. The van der Waals surface area contributed by atoms with E-state index in [0.29, 0.717) is 5.92 Å². The molecular formula is C17H29N5O. The predicted molar refractivity (Wildman–Crippen MR) is 89.2 cm³/mol. The number of likely N-dealkylation sites (tertiary alicyclic amines) is 1. The molecule has 3 rings (SSSR count). The van der Waals surface area contributed by atoms with E-state index in [1.54, 1.807) is 0 Å². The summed E-state index contributed by atoms with van der Waals surface area (Å²) in [5.41, 5.74) is -0.320. The molecule has 0 radical (unpaired) electrons. The van der Waals surface area contributed by atoms with E-state index in [-0.39, 0.29) is 11.3 Å². The maximum atomic E-state index is 12.5. The van der Waals surface area contributed by atoms with E-state index in [1.807, 2.05) is 25.7 Å². The molecule has 1 saturated heterocycles. The summed E-state index contributed by atoms with van der Waals surface area (Å²) in [6, 6.07) is 0. The molecule has 1 fully saturated rings. The van der Waals surface area contributed by atoms with E-state index in [0.717, 1.165) is 44.2 Å². The molecule has 128 valence electrons. The number of hydrogen-bond acceptors (Lipinski definition) is 4. The highest BCUT2D eigenvalue weighted by molar-refractivity contribution is 5.81. The molecule has 1 aromatic rings. The summed E-state index contributed by atoms with van der Waals surface area (Å²) < 4.78 is 2.28. The van der Waals surface area contributed by atoms with E-state index < -0.39 is 0 Å². The molecule has 1 amide bonds. The first-order chi connectivity index (χ1) is 10.9. The first kappa shape index (κ1) is 16.4. The fourth-order valence-electron chi connectivity index (χ4n) is 3.70. The van der Waals surface area contributed by atoms with Gasteiger partial charge in [-0.15, -0.1) is 10.2 Å². The van der Waals surface area contributed by atoms with Crippen LogP contribution in [0.1, 0.15) is 51.2 Å². The first-order valence-electron chi connectivity index (χ1n) is 8.76. The fourth-order valence-corrected chi connectivity index (χ4v) is 3.70. The smallest absolute Gasteiger partial charge is 0.228 e. The number of aromatic nitrogens is 3. The van der Waals surface area contributed by atoms with Crippen molar-refractivity contribution in [3.05, 3.63) is 11.6 Å². The zero-order valence-electron chi connectivity index (χ0n) is 14.9. The van der Waals surface area contributed by atoms with Gasteiger partial charge < -0.3 is 14.4 Å². The molecular weight excluding hydrogens is 290 g/mol. The topological polar surface area (TPSA) is 54.3 Å². The third kappa shape index (κ3) is 3.42. The number of carbonyl (C=O) groups is 1. The van der Waals surface area contributed by atoms with Crippen LogP contribution < -0.4 is 0 Å². The lowest BCUT2D eigenvalue weighted by Gasteiger charge is -2.30. The van der Waals surface area contributed by atoms with Gasteiger partial charge in [0.15, 0.2) is 0 Å². The Balaban J connectivity index is 1.75. The first-order valence-corrected chi connectivity index (χ1v) is 8.76. The molecule has 2 aliphatic heterocycles. The lowest BCUT2D eigenvalue weighted by molar-refractivity contribution is -0.139. The summed E-state index contributed by atoms with van der Waals surface area (Å²) in [5.74, 6) is 2.86. The van der Waals surface area contributed by atoms with Crippen LogP contribution in [0.5, 0.6) is 0 Å². The number of nitrogens with zero attached hydrogens (tertiary/aromatic N) is 5. The summed E-state index contributed by atoms with van der Waals surface area (Å²) in [6.45, 7) is 10.5. The Morgan fingerprint density at radius 1 is 1.13 bits per heavy atom. The van der Waals surface area contributed by atoms with Crippen LogP contribution in [0, 0.1) is 5.41 Å². The third-order valence-corrected chi connectivity index (χ3v) is 4.97. The van der Waals surface area contributed by atoms with Crippen molar-refractivity contribution in [1.29, 1.82) is 0 Å². The molecule has 0 aliphatic carbocycles. The van der Waals surface area contributed by atoms with Gasteiger partial charge in [0.25, 0.3) is 0 Å². The number of rotatable bonds is 1. The molecule has 0 saturated carbocycles. The molecule has 0 spiro atoms. The maximum Gasteiger partial charge on any atom is 0.228 e. The van der Waals surface area contributed by atoms with Crippen LogP contribution in [0.2, 0.25) is 0 Å². The van der Waals surface area contributed by atoms with Gasteiger partial charge in [-0.3, -0.25) is 4.79 Å². The van der Waals surface area contributed by atoms with Crippen LogP contribution in [-0.2, 0) is 17.8 Å². The van der Waals surface area contributed by atoms with E-state index in [2.05, 4.69) is 26.7 Å². The molecule has 0 N–H and O–H groups in total. The SMILES string of the molecule is CN1CCC[C@@H](c2nnc3n2CCN(C(=O)C(C)(C)C)CC3)C1. The lowest BCUT2D eigenvalue weighted by Crippen LogP contribution is -2.41. The minimum Gasteiger partial charge on any atom is -0.340 e. The molecule has 0 bridgehead atoms. The summed E-state index contributed by atoms with van der Waals surface area (Å²) in [4.78, 5) is 16.9. The van der Waals surface area contributed by atoms with Crippen LogP contribution in [0.3, 0.4) is 0 Å². The standard InChI is InChI=1S/C17H29N5O/c1-17(2,3)16(23)21-9-7-14-18-19-15(22(14)11-10-21)13-6-5-8-20(4)12-13/h13H,5-12H2,1-4H3/t13-/m1/s1. The van der Waals surface area contributed by atoms with Crippen molar-refractivity contribution < 1.29 is 4.79 Å². The summed E-state index contributed by atoms with van der Waals surface area (Å²) in [5, 5.41) is 8.93. The van der Waals surface area contributed by atoms with Gasteiger partial charge in [-0.1, -0.05) is 20.8 Å². The highest BCUT2D eigenvalue weighted by atomic mass is 16.2. The van der Waals surface area contributed by atoms with Gasteiger partial charge in [-0.25, -0.2) is 0 Å². The van der Waals surface area contributed by atoms with Gasteiger partial charge in [0, 0.05) is 43.9 Å². The molecule has 0 aromatic carbocycles. The lowest BCUT2D eigenvalue weighted by atomic mass is 9.94. The second-order valence-electron chi connectivity index (χ2n) is 8.02. The number of piperidine rings is 1. The monoisotopic (exact) mass is 319 g/mol. The van der Waals surface area contributed by atoms with Gasteiger partial charge in [-0.2, -0.15) is 0 Å². The highest BCUT2D eigenvalue weighted by Crippen LogP contribution is 2.27. The molecule has 1 aromatic heterocycles. The van der Waals surface area contributed by atoms with E-state index in [4.69, 9.17) is 0 Å². The number of amides is 1. The maximum absolute atomic E-state index is 12.5. The highest BCUT2D eigenvalue weighted by Gasteiger charge is 2.31. The average Bonchev–Trinajstić information content (AvgIpc) is 2.78. The number of hydrogen-bond donors (Lipinski definition) is 0. The molecule has 23 heavy (non-hydrogen) atoms. The van der Waals surface area contributed by atoms with Crippen molar-refractivity contribution in [2.24, 2.45) is 5.41 Å². The Bertz CT molecular complexity index is 574. The Kier molecular flexibility index (Phi) is 4.45. The Hall–Kier alpha value is -1.43. The van der Waals surface area contributed by atoms with Crippen LogP contribution in [0.15, 0.2) is 0 Å². The fraction of sp³-hybridized carbons (Fsp3) is 0.824. The van der Waals surface area contributed by atoms with E-state index >= 15 is 0 Å². The summed E-state index contributed by atoms with van der Waals surface area (Å²) in [7, 11) is 2.18. The van der Waals surface area contributed by atoms with Gasteiger partial charge in [-0.05, 0) is 26.4 Å². The molecule has 1 atom stereocenters. The van der Waals surface area contributed by atoms with Crippen molar-refractivity contribution in [3.63, 3.8) is 0 Å². The van der Waals surface area contributed by atoms with Crippen molar-refractivity contribution in [2.45, 2.75) is 52.5 Å². The molecule has 0 unspecified atom stereocenters. The summed E-state index contributed by atoms with van der Waals surface area (Å²) >= 11 is 0. The Labute approximate surface area is 138 Å². The van der Waals surface area contributed by atoms with Crippen molar-refractivity contribution >= 4 is 5.91 Å². The zero-order valence-corrected chi connectivity index (χ0v) is 14.9. The van der Waals surface area contributed by atoms with E-state index in [9.17, 15) is 4.79 Å². The Morgan fingerprint density at radius 3 is 2.61 bits per heavy atom.